The number of rotatable bonds is 5. The zero-order valence-corrected chi connectivity index (χ0v) is 16.0. The fourth-order valence-electron chi connectivity index (χ4n) is 2.99. The lowest BCUT2D eigenvalue weighted by atomic mass is 10.0. The minimum Gasteiger partial charge on any atom is -0.334 e. The Labute approximate surface area is 171 Å². The van der Waals surface area contributed by atoms with Gasteiger partial charge in [-0.05, 0) is 48.7 Å². The van der Waals surface area contributed by atoms with Crippen LogP contribution in [0.5, 0.6) is 0 Å². The van der Waals surface area contributed by atoms with Gasteiger partial charge in [-0.25, -0.2) is 13.2 Å². The Kier molecular flexibility index (Phi) is 7.70. The van der Waals surface area contributed by atoms with E-state index < -0.39 is 16.1 Å². The van der Waals surface area contributed by atoms with Crippen LogP contribution in [0.2, 0.25) is 0 Å². The minimum absolute atomic E-state index is 0. The standard InChI is InChI=1S/C19H21N5O3S.CH4/c20-11-15-4-2-10-24(14-15)28(26,27)18-7-5-17(6-8-18)23-19(25)22-13-16-3-1-9-21-12-16;/h1,3,5-9,12,15H,2,4,10,13-14H2,(H2,22,23,25);1H4/t15-;/m1./s1. The van der Waals surface area contributed by atoms with E-state index in [0.717, 1.165) is 12.0 Å². The summed E-state index contributed by atoms with van der Waals surface area (Å²) in [5.41, 5.74) is 1.35. The highest BCUT2D eigenvalue weighted by Gasteiger charge is 2.30. The number of anilines is 1. The Morgan fingerprint density at radius 3 is 2.69 bits per heavy atom. The fourth-order valence-corrected chi connectivity index (χ4v) is 4.51. The van der Waals surface area contributed by atoms with Crippen LogP contribution in [0, 0.1) is 17.2 Å². The summed E-state index contributed by atoms with van der Waals surface area (Å²) in [7, 11) is -3.65. The largest absolute Gasteiger partial charge is 0.334 e. The number of nitrogens with one attached hydrogen (secondary N) is 2. The Balaban J connectivity index is 0.00000300. The van der Waals surface area contributed by atoms with Crippen LogP contribution in [-0.4, -0.2) is 36.8 Å². The molecular formula is C20H25N5O3S. The summed E-state index contributed by atoms with van der Waals surface area (Å²) in [4.78, 5) is 16.1. The first-order valence-electron chi connectivity index (χ1n) is 8.92. The number of carbonyl (C=O) groups excluding carboxylic acids is 1. The molecule has 2 amide bonds. The van der Waals surface area contributed by atoms with Gasteiger partial charge in [-0.2, -0.15) is 9.57 Å². The van der Waals surface area contributed by atoms with Gasteiger partial charge in [0.25, 0.3) is 0 Å². The number of carbonyl (C=O) groups is 1. The zero-order valence-electron chi connectivity index (χ0n) is 15.2. The second-order valence-corrected chi connectivity index (χ2v) is 8.46. The number of amides is 2. The molecule has 154 valence electrons. The number of benzene rings is 1. The molecular weight excluding hydrogens is 390 g/mol. The molecule has 1 saturated heterocycles. The molecule has 0 unspecified atom stereocenters. The monoisotopic (exact) mass is 415 g/mol. The predicted octanol–water partition coefficient (Wildman–Crippen LogP) is 2.96. The number of aromatic nitrogens is 1. The van der Waals surface area contributed by atoms with Crippen molar-refractivity contribution >= 4 is 21.7 Å². The Hall–Kier alpha value is -2.96. The summed E-state index contributed by atoms with van der Waals surface area (Å²) in [5.74, 6) is -0.270. The minimum atomic E-state index is -3.65. The molecule has 0 aliphatic carbocycles. The lowest BCUT2D eigenvalue weighted by Gasteiger charge is -2.28. The fraction of sp³-hybridized carbons (Fsp3) is 0.350. The molecule has 2 aromatic rings. The van der Waals surface area contributed by atoms with Gasteiger partial charge in [0.2, 0.25) is 10.0 Å². The number of sulfonamides is 1. The van der Waals surface area contributed by atoms with E-state index >= 15 is 0 Å². The van der Waals surface area contributed by atoms with E-state index in [0.29, 0.717) is 25.2 Å². The van der Waals surface area contributed by atoms with E-state index in [9.17, 15) is 13.2 Å². The maximum atomic E-state index is 12.8. The molecule has 2 heterocycles. The number of pyridine rings is 1. The Morgan fingerprint density at radius 1 is 1.28 bits per heavy atom. The number of urea groups is 1. The molecule has 29 heavy (non-hydrogen) atoms. The van der Waals surface area contributed by atoms with Crippen LogP contribution in [-0.2, 0) is 16.6 Å². The van der Waals surface area contributed by atoms with Crippen LogP contribution in [0.15, 0.2) is 53.7 Å². The maximum Gasteiger partial charge on any atom is 0.319 e. The van der Waals surface area contributed by atoms with Gasteiger partial charge in [0.1, 0.15) is 0 Å². The first-order chi connectivity index (χ1) is 13.5. The molecule has 0 saturated carbocycles. The summed E-state index contributed by atoms with van der Waals surface area (Å²) in [5, 5.41) is 14.4. The van der Waals surface area contributed by atoms with E-state index in [1.54, 1.807) is 30.6 Å². The van der Waals surface area contributed by atoms with E-state index in [4.69, 9.17) is 5.26 Å². The van der Waals surface area contributed by atoms with Gasteiger partial charge >= 0.3 is 6.03 Å². The summed E-state index contributed by atoms with van der Waals surface area (Å²) in [6.07, 6.45) is 4.72. The molecule has 9 heteroatoms. The second-order valence-electron chi connectivity index (χ2n) is 6.52. The second kappa shape index (κ2) is 10.0. The Morgan fingerprint density at radius 2 is 2.03 bits per heavy atom. The third kappa shape index (κ3) is 5.76. The number of hydrogen-bond donors (Lipinski definition) is 2. The molecule has 1 aliphatic rings. The summed E-state index contributed by atoms with van der Waals surface area (Å²) in [6.45, 7) is 0.966. The third-order valence-corrected chi connectivity index (χ3v) is 6.37. The quantitative estimate of drug-likeness (QED) is 0.779. The van der Waals surface area contributed by atoms with Crippen LogP contribution >= 0.6 is 0 Å². The first kappa shape index (κ1) is 22.3. The molecule has 3 rings (SSSR count). The molecule has 0 radical (unpaired) electrons. The lowest BCUT2D eigenvalue weighted by molar-refractivity contribution is 0.251. The van der Waals surface area contributed by atoms with E-state index in [-0.39, 0.29) is 24.8 Å². The SMILES string of the molecule is C.N#C[C@H]1CCCN(S(=O)(=O)c2ccc(NC(=O)NCc3cccnc3)cc2)C1. The lowest BCUT2D eigenvalue weighted by Crippen LogP contribution is -2.39. The van der Waals surface area contributed by atoms with E-state index in [1.165, 1.54) is 16.4 Å². The highest BCUT2D eigenvalue weighted by molar-refractivity contribution is 7.89. The van der Waals surface area contributed by atoms with Crippen LogP contribution in [0.3, 0.4) is 0 Å². The summed E-state index contributed by atoms with van der Waals surface area (Å²) >= 11 is 0. The van der Waals surface area contributed by atoms with Crippen molar-refractivity contribution in [3.63, 3.8) is 0 Å². The van der Waals surface area contributed by atoms with Crippen molar-refractivity contribution in [1.82, 2.24) is 14.6 Å². The normalized spacial score (nSPS) is 16.9. The molecule has 1 fully saturated rings. The van der Waals surface area contributed by atoms with E-state index in [1.807, 2.05) is 6.07 Å². The van der Waals surface area contributed by atoms with E-state index in [2.05, 4.69) is 21.7 Å². The average molecular weight is 416 g/mol. The van der Waals surface area contributed by atoms with Crippen molar-refractivity contribution in [1.29, 1.82) is 5.26 Å². The van der Waals surface area contributed by atoms with Gasteiger partial charge < -0.3 is 10.6 Å². The van der Waals surface area contributed by atoms with Gasteiger partial charge in [0.15, 0.2) is 0 Å². The van der Waals surface area contributed by atoms with Gasteiger partial charge in [-0.15, -0.1) is 0 Å². The molecule has 0 bridgehead atoms. The molecule has 1 atom stereocenters. The van der Waals surface area contributed by atoms with Crippen molar-refractivity contribution in [3.05, 3.63) is 54.4 Å². The third-order valence-electron chi connectivity index (χ3n) is 4.49. The molecule has 1 aromatic heterocycles. The highest BCUT2D eigenvalue weighted by Crippen LogP contribution is 2.24. The van der Waals surface area contributed by atoms with Gasteiger partial charge in [0, 0.05) is 37.7 Å². The number of hydrogen-bond acceptors (Lipinski definition) is 5. The smallest absolute Gasteiger partial charge is 0.319 e. The van der Waals surface area contributed by atoms with Gasteiger partial charge in [-0.3, -0.25) is 4.98 Å². The number of piperidine rings is 1. The highest BCUT2D eigenvalue weighted by atomic mass is 32.2. The summed E-state index contributed by atoms with van der Waals surface area (Å²) < 4.78 is 26.9. The predicted molar refractivity (Wildman–Crippen MR) is 110 cm³/mol. The van der Waals surface area contributed by atoms with Crippen LogP contribution in [0.1, 0.15) is 25.8 Å². The number of nitriles is 1. The van der Waals surface area contributed by atoms with Gasteiger partial charge in [-0.1, -0.05) is 13.5 Å². The Bertz CT molecular complexity index is 956. The topological polar surface area (TPSA) is 115 Å². The van der Waals surface area contributed by atoms with Crippen molar-refractivity contribution in [2.75, 3.05) is 18.4 Å². The van der Waals surface area contributed by atoms with Crippen molar-refractivity contribution in [3.8, 4) is 6.07 Å². The molecule has 8 nitrogen and oxygen atoms in total. The van der Waals surface area contributed by atoms with Crippen molar-refractivity contribution in [2.45, 2.75) is 31.7 Å². The molecule has 1 aliphatic heterocycles. The molecule has 1 aromatic carbocycles. The maximum absolute atomic E-state index is 12.8. The van der Waals surface area contributed by atoms with Crippen molar-refractivity contribution in [2.24, 2.45) is 5.92 Å². The molecule has 0 spiro atoms. The summed E-state index contributed by atoms with van der Waals surface area (Å²) in [6, 6.07) is 11.4. The first-order valence-corrected chi connectivity index (χ1v) is 10.4. The number of nitrogens with zero attached hydrogens (tertiary/aromatic N) is 3. The van der Waals surface area contributed by atoms with Crippen molar-refractivity contribution < 1.29 is 13.2 Å². The van der Waals surface area contributed by atoms with Gasteiger partial charge in [0.05, 0.1) is 16.9 Å². The van der Waals surface area contributed by atoms with Crippen LogP contribution in [0.25, 0.3) is 0 Å². The zero-order chi connectivity index (χ0) is 20.0. The average Bonchev–Trinajstić information content (AvgIpc) is 2.73. The van der Waals surface area contributed by atoms with Crippen LogP contribution in [0.4, 0.5) is 10.5 Å². The van der Waals surface area contributed by atoms with Crippen LogP contribution < -0.4 is 10.6 Å². The molecule has 2 N–H and O–H groups in total.